The van der Waals surface area contributed by atoms with Gasteiger partial charge in [0.05, 0.1) is 5.52 Å². The maximum atomic E-state index is 13.0. The van der Waals surface area contributed by atoms with Crippen LogP contribution in [-0.4, -0.2) is 42.7 Å². The van der Waals surface area contributed by atoms with Crippen molar-refractivity contribution in [3.05, 3.63) is 78.9 Å². The van der Waals surface area contributed by atoms with Crippen LogP contribution in [0.25, 0.3) is 33.2 Å². The summed E-state index contributed by atoms with van der Waals surface area (Å²) in [5.41, 5.74) is 11.3. The fraction of sp³-hybridized carbons (Fsp3) is 0.120. The number of nitrogens with one attached hydrogen (secondary N) is 1. The molecular formula is C25H22N6O2S. The number of nitrogen functional groups attached to an aromatic ring is 1. The number of sulfonamides is 1. The molecule has 9 heteroatoms. The number of hydrogen-bond acceptors (Lipinski definition) is 7. The Kier molecular flexibility index (Phi) is 5.87. The van der Waals surface area contributed by atoms with E-state index in [1.54, 1.807) is 37.1 Å². The third-order valence-corrected chi connectivity index (χ3v) is 7.13. The van der Waals surface area contributed by atoms with Gasteiger partial charge in [0.1, 0.15) is 10.7 Å². The van der Waals surface area contributed by atoms with Crippen LogP contribution in [0.4, 0.5) is 5.82 Å². The Morgan fingerprint density at radius 1 is 0.941 bits per heavy atom. The van der Waals surface area contributed by atoms with Gasteiger partial charge in [-0.1, -0.05) is 11.6 Å². The molecule has 3 aromatic heterocycles. The minimum Gasteiger partial charge on any atom is -0.383 e. The smallest absolute Gasteiger partial charge is 0.244 e. The first-order valence-electron chi connectivity index (χ1n) is 10.7. The topological polar surface area (TPSA) is 123 Å². The maximum absolute atomic E-state index is 13.0. The Bertz CT molecular complexity index is 1530. The van der Waals surface area contributed by atoms with E-state index < -0.39 is 10.0 Å². The molecule has 4 heterocycles. The first-order chi connectivity index (χ1) is 16.5. The molecular weight excluding hydrogens is 448 g/mol. The number of dihydropyridines is 1. The second-order valence-electron chi connectivity index (χ2n) is 7.89. The van der Waals surface area contributed by atoms with Crippen LogP contribution in [-0.2, 0) is 10.0 Å². The van der Waals surface area contributed by atoms with Crippen LogP contribution in [0.5, 0.6) is 0 Å². The fourth-order valence-corrected chi connectivity index (χ4v) is 5.02. The van der Waals surface area contributed by atoms with Gasteiger partial charge < -0.3 is 5.73 Å². The van der Waals surface area contributed by atoms with Crippen molar-refractivity contribution in [2.24, 2.45) is 4.99 Å². The van der Waals surface area contributed by atoms with Crippen LogP contribution >= 0.6 is 0 Å². The van der Waals surface area contributed by atoms with Crippen molar-refractivity contribution < 1.29 is 8.42 Å². The van der Waals surface area contributed by atoms with Crippen LogP contribution in [0, 0.1) is 0 Å². The number of hydrogen-bond donors (Lipinski definition) is 2. The summed E-state index contributed by atoms with van der Waals surface area (Å²) >= 11 is 0. The summed E-state index contributed by atoms with van der Waals surface area (Å²) in [6.45, 7) is 0.861. The Morgan fingerprint density at radius 2 is 1.79 bits per heavy atom. The number of nitrogens with two attached hydrogens (primary N) is 1. The van der Waals surface area contributed by atoms with E-state index in [9.17, 15) is 8.42 Å². The summed E-state index contributed by atoms with van der Waals surface area (Å²) < 4.78 is 28.7. The van der Waals surface area contributed by atoms with Crippen molar-refractivity contribution in [2.45, 2.75) is 11.3 Å². The first kappa shape index (κ1) is 21.9. The van der Waals surface area contributed by atoms with Gasteiger partial charge in [0.15, 0.2) is 0 Å². The largest absolute Gasteiger partial charge is 0.383 e. The van der Waals surface area contributed by atoms with Gasteiger partial charge in [0.25, 0.3) is 0 Å². The van der Waals surface area contributed by atoms with Crippen LogP contribution < -0.4 is 10.5 Å². The average Bonchev–Trinajstić information content (AvgIpc) is 2.88. The quantitative estimate of drug-likeness (QED) is 0.444. The Morgan fingerprint density at radius 3 is 2.59 bits per heavy atom. The number of pyridine rings is 3. The van der Waals surface area contributed by atoms with Gasteiger partial charge in [0, 0.05) is 55.0 Å². The van der Waals surface area contributed by atoms with Crippen molar-refractivity contribution in [1.29, 1.82) is 0 Å². The molecule has 1 aliphatic heterocycles. The van der Waals surface area contributed by atoms with E-state index in [2.05, 4.69) is 24.7 Å². The molecule has 0 atom stereocenters. The summed E-state index contributed by atoms with van der Waals surface area (Å²) in [6, 6.07) is 13.2. The zero-order valence-electron chi connectivity index (χ0n) is 18.2. The molecule has 0 spiro atoms. The van der Waals surface area contributed by atoms with Crippen molar-refractivity contribution in [3.63, 3.8) is 0 Å². The highest BCUT2D eigenvalue weighted by Gasteiger charge is 2.20. The van der Waals surface area contributed by atoms with Crippen molar-refractivity contribution in [1.82, 2.24) is 19.7 Å². The van der Waals surface area contributed by atoms with Crippen LogP contribution in [0.2, 0.25) is 0 Å². The SMILES string of the molecule is Nc1ncc(-c2ccc3nccc(-c4ccncc4)c3c2)cc1S(=O)(=O)NCC1=CC=NCC1. The van der Waals surface area contributed by atoms with Crippen molar-refractivity contribution >= 4 is 33.0 Å². The van der Waals surface area contributed by atoms with Crippen molar-refractivity contribution in [3.8, 4) is 22.3 Å². The highest BCUT2D eigenvalue weighted by molar-refractivity contribution is 7.89. The Balaban J connectivity index is 1.52. The molecule has 0 aliphatic carbocycles. The van der Waals surface area contributed by atoms with Gasteiger partial charge in [-0.2, -0.15) is 0 Å². The zero-order valence-corrected chi connectivity index (χ0v) is 19.0. The van der Waals surface area contributed by atoms with E-state index in [1.807, 2.05) is 42.5 Å². The monoisotopic (exact) mass is 470 g/mol. The Hall–Kier alpha value is -3.95. The minimum atomic E-state index is -3.86. The lowest BCUT2D eigenvalue weighted by Gasteiger charge is -2.13. The highest BCUT2D eigenvalue weighted by atomic mass is 32.2. The molecule has 5 rings (SSSR count). The first-order valence-corrected chi connectivity index (χ1v) is 12.2. The fourth-order valence-electron chi connectivity index (χ4n) is 3.87. The molecule has 8 nitrogen and oxygen atoms in total. The standard InChI is InChI=1S/C25H22N6O2S/c26-25-24(34(32,33)31-15-17-3-8-27-9-4-17)14-20(16-30-25)19-1-2-23-22(13-19)21(7-12-29-23)18-5-10-28-11-6-18/h1-3,5-8,10-14,16,31H,4,9,15H2,(H2,26,30). The molecule has 1 aromatic carbocycles. The minimum absolute atomic E-state index is 0.0456. The van der Waals surface area contributed by atoms with Crippen molar-refractivity contribution in [2.75, 3.05) is 18.8 Å². The van der Waals surface area contributed by atoms with Gasteiger partial charge in [-0.3, -0.25) is 15.0 Å². The number of fused-ring (bicyclic) bond motifs is 1. The average molecular weight is 471 g/mol. The van der Waals surface area contributed by atoms with E-state index >= 15 is 0 Å². The number of aromatic nitrogens is 3. The lowest BCUT2D eigenvalue weighted by Crippen LogP contribution is -2.27. The second kappa shape index (κ2) is 9.12. The number of allylic oxidation sites excluding steroid dienone is 1. The molecule has 170 valence electrons. The van der Waals surface area contributed by atoms with Gasteiger partial charge >= 0.3 is 0 Å². The predicted molar refractivity (Wildman–Crippen MR) is 134 cm³/mol. The van der Waals surface area contributed by atoms with E-state index in [-0.39, 0.29) is 17.3 Å². The lowest BCUT2D eigenvalue weighted by atomic mass is 9.98. The van der Waals surface area contributed by atoms with Crippen LogP contribution in [0.3, 0.4) is 0 Å². The van der Waals surface area contributed by atoms with E-state index in [0.717, 1.165) is 39.6 Å². The molecule has 34 heavy (non-hydrogen) atoms. The lowest BCUT2D eigenvalue weighted by molar-refractivity contribution is 0.584. The summed E-state index contributed by atoms with van der Waals surface area (Å²) in [5.74, 6) is -0.0460. The third kappa shape index (κ3) is 4.43. The molecule has 0 saturated heterocycles. The molecule has 3 N–H and O–H groups in total. The van der Waals surface area contributed by atoms with Crippen LogP contribution in [0.1, 0.15) is 6.42 Å². The normalized spacial score (nSPS) is 13.7. The second-order valence-corrected chi connectivity index (χ2v) is 9.62. The summed E-state index contributed by atoms with van der Waals surface area (Å²) in [4.78, 5) is 16.8. The number of benzene rings is 1. The molecule has 0 fully saturated rings. The number of rotatable bonds is 6. The van der Waals surface area contributed by atoms with Gasteiger partial charge in [-0.05, 0) is 65.6 Å². The van der Waals surface area contributed by atoms with E-state index in [4.69, 9.17) is 5.73 Å². The van der Waals surface area contributed by atoms with Gasteiger partial charge in [0.2, 0.25) is 10.0 Å². The molecule has 4 aromatic rings. The van der Waals surface area contributed by atoms with Crippen LogP contribution in [0.15, 0.2) is 88.8 Å². The zero-order chi connectivity index (χ0) is 23.5. The molecule has 0 bridgehead atoms. The maximum Gasteiger partial charge on any atom is 0.244 e. The summed E-state index contributed by atoms with van der Waals surface area (Å²) in [5, 5.41) is 0.941. The summed E-state index contributed by atoms with van der Waals surface area (Å²) in [6.07, 6.45) is 11.1. The van der Waals surface area contributed by atoms with Gasteiger partial charge in [-0.15, -0.1) is 0 Å². The molecule has 1 aliphatic rings. The number of anilines is 1. The Labute approximate surface area is 197 Å². The number of aliphatic imine (C=N–C) groups is 1. The number of nitrogens with zero attached hydrogens (tertiary/aromatic N) is 4. The molecule has 0 saturated carbocycles. The predicted octanol–water partition coefficient (Wildman–Crippen LogP) is 3.62. The van der Waals surface area contributed by atoms with E-state index in [0.29, 0.717) is 12.1 Å². The molecule has 0 unspecified atom stereocenters. The summed E-state index contributed by atoms with van der Waals surface area (Å²) in [7, 11) is -3.86. The third-order valence-electron chi connectivity index (χ3n) is 5.70. The molecule has 0 amide bonds. The molecule has 0 radical (unpaired) electrons. The van der Waals surface area contributed by atoms with E-state index in [1.165, 1.54) is 0 Å². The van der Waals surface area contributed by atoms with Gasteiger partial charge in [-0.25, -0.2) is 18.1 Å². The highest BCUT2D eigenvalue weighted by Crippen LogP contribution is 2.32.